The molecule has 0 saturated heterocycles. The van der Waals surface area contributed by atoms with Gasteiger partial charge in [0.15, 0.2) is 5.65 Å². The largest absolute Gasteiger partial charge is 0.416 e. The lowest BCUT2D eigenvalue weighted by Crippen LogP contribution is -2.38. The summed E-state index contributed by atoms with van der Waals surface area (Å²) in [5.41, 5.74) is 5.09. The Labute approximate surface area is 238 Å². The number of amides is 1. The highest BCUT2D eigenvalue weighted by Crippen LogP contribution is 2.44. The molecule has 0 aliphatic heterocycles. The van der Waals surface area contributed by atoms with Crippen LogP contribution >= 0.6 is 23.2 Å². The van der Waals surface area contributed by atoms with Gasteiger partial charge in [0.2, 0.25) is 17.8 Å². The summed E-state index contributed by atoms with van der Waals surface area (Å²) in [7, 11) is 0. The highest BCUT2D eigenvalue weighted by atomic mass is 35.5. The number of benzene rings is 1. The normalized spacial score (nSPS) is 25.6. The fourth-order valence-corrected chi connectivity index (χ4v) is 6.17. The molecule has 1 amide bonds. The predicted octanol–water partition coefficient (Wildman–Crippen LogP) is 6.22. The molecule has 2 aromatic heterocycles. The number of carbonyl (C=O) groups excluding carboxylic acids is 1. The van der Waals surface area contributed by atoms with Gasteiger partial charge in [0.05, 0.1) is 33.6 Å². The number of halogens is 5. The van der Waals surface area contributed by atoms with Crippen LogP contribution in [0.25, 0.3) is 11.2 Å². The second-order valence-corrected chi connectivity index (χ2v) is 11.8. The van der Waals surface area contributed by atoms with Crippen LogP contribution in [0, 0.1) is 5.41 Å². The van der Waals surface area contributed by atoms with Gasteiger partial charge in [-0.1, -0.05) is 30.1 Å². The first kappa shape index (κ1) is 28.7. The molecule has 2 saturated carbocycles. The summed E-state index contributed by atoms with van der Waals surface area (Å²) in [6, 6.07) is 1.49. The van der Waals surface area contributed by atoms with Gasteiger partial charge in [-0.15, -0.1) is 0 Å². The first-order chi connectivity index (χ1) is 18.8. The van der Waals surface area contributed by atoms with E-state index in [-0.39, 0.29) is 45.8 Å². The summed E-state index contributed by atoms with van der Waals surface area (Å²) in [5, 5.41) is 16.0. The Morgan fingerprint density at radius 1 is 1.15 bits per heavy atom. The maximum Gasteiger partial charge on any atom is 0.416 e. The van der Waals surface area contributed by atoms with Crippen molar-refractivity contribution in [3.05, 3.63) is 33.9 Å². The van der Waals surface area contributed by atoms with E-state index in [2.05, 4.69) is 20.6 Å². The van der Waals surface area contributed by atoms with Gasteiger partial charge in [-0.25, -0.2) is 9.97 Å². The molecular formula is C26H30Cl2F3N7O2. The molecule has 2 aliphatic carbocycles. The average Bonchev–Trinajstić information content (AvgIpc) is 3.23. The Hall–Kier alpha value is -2.83. The van der Waals surface area contributed by atoms with Crippen molar-refractivity contribution in [1.29, 1.82) is 0 Å². The fourth-order valence-electron chi connectivity index (χ4n) is 5.58. The second kappa shape index (κ2) is 10.9. The minimum atomic E-state index is -4.61. The molecule has 14 heteroatoms. The molecule has 9 nitrogen and oxygen atoms in total. The summed E-state index contributed by atoms with van der Waals surface area (Å²) in [4.78, 5) is 25.8. The van der Waals surface area contributed by atoms with E-state index in [1.807, 2.05) is 11.5 Å². The summed E-state index contributed by atoms with van der Waals surface area (Å²) >= 11 is 12.5. The Balaban J connectivity index is 1.53. The van der Waals surface area contributed by atoms with E-state index in [9.17, 15) is 23.1 Å². The molecular weight excluding hydrogens is 570 g/mol. The molecule has 216 valence electrons. The van der Waals surface area contributed by atoms with Crippen molar-refractivity contribution in [3.8, 4) is 0 Å². The quantitative estimate of drug-likeness (QED) is 0.264. The number of nitrogens with one attached hydrogen (secondary N) is 2. The van der Waals surface area contributed by atoms with Crippen LogP contribution in [0.15, 0.2) is 18.3 Å². The number of hydrogen-bond donors (Lipinski definition) is 4. The topological polar surface area (TPSA) is 131 Å². The minimum absolute atomic E-state index is 0.0193. The van der Waals surface area contributed by atoms with Crippen LogP contribution in [0.4, 0.5) is 30.8 Å². The average molecular weight is 600 g/mol. The fraction of sp³-hybridized carbons (Fsp3) is 0.538. The number of alkyl halides is 3. The van der Waals surface area contributed by atoms with Crippen LogP contribution < -0.4 is 16.4 Å². The zero-order valence-electron chi connectivity index (χ0n) is 21.7. The van der Waals surface area contributed by atoms with Crippen molar-refractivity contribution >= 4 is 57.9 Å². The Bertz CT molecular complexity index is 1400. The van der Waals surface area contributed by atoms with Gasteiger partial charge in [0.25, 0.3) is 0 Å². The zero-order chi connectivity index (χ0) is 28.8. The van der Waals surface area contributed by atoms with Crippen molar-refractivity contribution in [3.63, 3.8) is 0 Å². The van der Waals surface area contributed by atoms with Crippen molar-refractivity contribution < 1.29 is 23.1 Å². The number of anilines is 3. The van der Waals surface area contributed by atoms with Crippen molar-refractivity contribution in [1.82, 2.24) is 19.5 Å². The van der Waals surface area contributed by atoms with Gasteiger partial charge in [0.1, 0.15) is 5.52 Å². The Morgan fingerprint density at radius 2 is 1.82 bits per heavy atom. The molecule has 0 spiro atoms. The lowest BCUT2D eigenvalue weighted by Gasteiger charge is -2.35. The maximum atomic E-state index is 13.3. The van der Waals surface area contributed by atoms with Gasteiger partial charge >= 0.3 is 6.18 Å². The van der Waals surface area contributed by atoms with Crippen molar-refractivity contribution in [2.45, 2.75) is 82.7 Å². The molecule has 0 unspecified atom stereocenters. The molecule has 0 bridgehead atoms. The number of imidazole rings is 1. The first-order valence-corrected chi connectivity index (χ1v) is 13.9. The van der Waals surface area contributed by atoms with Gasteiger partial charge in [0, 0.05) is 17.5 Å². The summed E-state index contributed by atoms with van der Waals surface area (Å²) in [5.74, 6) is 0.306. The highest BCUT2D eigenvalue weighted by molar-refractivity contribution is 6.39. The highest BCUT2D eigenvalue weighted by Gasteiger charge is 2.38. The van der Waals surface area contributed by atoms with E-state index < -0.39 is 17.2 Å². The number of fused-ring (bicyclic) bond motifs is 1. The predicted molar refractivity (Wildman–Crippen MR) is 147 cm³/mol. The second-order valence-electron chi connectivity index (χ2n) is 11.0. The van der Waals surface area contributed by atoms with Crippen LogP contribution in [0.3, 0.4) is 0 Å². The van der Waals surface area contributed by atoms with E-state index in [1.54, 1.807) is 6.20 Å². The van der Waals surface area contributed by atoms with E-state index in [0.29, 0.717) is 49.2 Å². The standard InChI is InChI=1S/C26H30Cl2F3N7O2/c1-25(22(32)40)7-5-15(6-8-25)38-21-19(12-33-23(37-21)34-14-3-2-4-16(39)11-14)35-24(38)36-20-17(27)9-13(10-18(20)28)26(29,30)31/h9-10,12,14-16,39H,2-8,11H2,1H3,(H2,32,40)(H,35,36)(H,33,34,37)/t14-,15?,16-,25?/m0/s1. The lowest BCUT2D eigenvalue weighted by atomic mass is 9.73. The van der Waals surface area contributed by atoms with E-state index in [0.717, 1.165) is 31.4 Å². The summed E-state index contributed by atoms with van der Waals surface area (Å²) in [6.07, 6.45) is 1.98. The molecule has 2 aliphatic rings. The molecule has 2 fully saturated rings. The van der Waals surface area contributed by atoms with Crippen molar-refractivity contribution in [2.75, 3.05) is 10.6 Å². The minimum Gasteiger partial charge on any atom is -0.393 e. The number of aromatic nitrogens is 4. The number of carbonyl (C=O) groups is 1. The van der Waals surface area contributed by atoms with E-state index in [1.165, 1.54) is 0 Å². The number of nitrogens with zero attached hydrogens (tertiary/aromatic N) is 4. The molecule has 2 atom stereocenters. The molecule has 0 radical (unpaired) electrons. The number of aliphatic hydroxyl groups excluding tert-OH is 1. The molecule has 5 N–H and O–H groups in total. The van der Waals surface area contributed by atoms with Crippen LogP contribution in [-0.4, -0.2) is 42.7 Å². The van der Waals surface area contributed by atoms with Crippen LogP contribution in [0.5, 0.6) is 0 Å². The monoisotopic (exact) mass is 599 g/mol. The van der Waals surface area contributed by atoms with Gasteiger partial charge in [-0.3, -0.25) is 9.36 Å². The van der Waals surface area contributed by atoms with Crippen LogP contribution in [-0.2, 0) is 11.0 Å². The number of primary amides is 1. The smallest absolute Gasteiger partial charge is 0.393 e. The van der Waals surface area contributed by atoms with Crippen molar-refractivity contribution in [2.24, 2.45) is 11.1 Å². The van der Waals surface area contributed by atoms with Gasteiger partial charge < -0.3 is 21.5 Å². The summed E-state index contributed by atoms with van der Waals surface area (Å²) < 4.78 is 41.7. The Morgan fingerprint density at radius 3 is 2.42 bits per heavy atom. The third-order valence-corrected chi connectivity index (χ3v) is 8.63. The van der Waals surface area contributed by atoms with E-state index in [4.69, 9.17) is 33.9 Å². The third-order valence-electron chi connectivity index (χ3n) is 8.04. The summed E-state index contributed by atoms with van der Waals surface area (Å²) in [6.45, 7) is 1.85. The van der Waals surface area contributed by atoms with Crippen LogP contribution in [0.1, 0.15) is 69.9 Å². The first-order valence-electron chi connectivity index (χ1n) is 13.2. The molecule has 40 heavy (non-hydrogen) atoms. The molecule has 2 heterocycles. The molecule has 1 aromatic carbocycles. The van der Waals surface area contributed by atoms with Crippen LogP contribution in [0.2, 0.25) is 10.0 Å². The number of rotatable bonds is 6. The maximum absolute atomic E-state index is 13.3. The number of nitrogens with two attached hydrogens (primary N) is 1. The zero-order valence-corrected chi connectivity index (χ0v) is 23.2. The van der Waals surface area contributed by atoms with Gasteiger partial charge in [-0.05, 0) is 63.5 Å². The molecule has 3 aromatic rings. The number of hydrogen-bond acceptors (Lipinski definition) is 7. The number of aliphatic hydroxyl groups is 1. The Kier molecular flexibility index (Phi) is 7.79. The van der Waals surface area contributed by atoms with E-state index >= 15 is 0 Å². The SMILES string of the molecule is CC1(C(N)=O)CCC(n2c(Nc3c(Cl)cc(C(F)(F)F)cc3Cl)nc3cnc(N[C@H]4CCC[C@H](O)C4)nc32)CC1. The molecule has 5 rings (SSSR count). The lowest BCUT2D eigenvalue weighted by molar-refractivity contribution is -0.137. The third kappa shape index (κ3) is 5.80. The van der Waals surface area contributed by atoms with Gasteiger partial charge in [-0.2, -0.15) is 18.2 Å².